The third kappa shape index (κ3) is 2.11. The molecule has 3 heteroatoms. The van der Waals surface area contributed by atoms with Crippen molar-refractivity contribution in [3.05, 3.63) is 22.9 Å². The number of ether oxygens (including phenoxy) is 1. The Morgan fingerprint density at radius 2 is 2.50 bits per heavy atom. The smallest absolute Gasteiger partial charge is 0.308 e. The van der Waals surface area contributed by atoms with Crippen LogP contribution in [0.15, 0.2) is 22.9 Å². The molecule has 1 heterocycles. The topological polar surface area (TPSA) is 26.3 Å². The van der Waals surface area contributed by atoms with E-state index >= 15 is 0 Å². The minimum atomic E-state index is -0.279. The summed E-state index contributed by atoms with van der Waals surface area (Å²) in [7, 11) is 0. The van der Waals surface area contributed by atoms with E-state index in [4.69, 9.17) is 4.74 Å². The summed E-state index contributed by atoms with van der Waals surface area (Å²) in [5, 5.41) is 3.69. The van der Waals surface area contributed by atoms with Crippen molar-refractivity contribution < 1.29 is 9.53 Å². The second-order valence-electron chi connectivity index (χ2n) is 1.75. The molecule has 0 aliphatic heterocycles. The monoisotopic (exact) mass is 155 g/mol. The maximum absolute atomic E-state index is 10.4. The molecule has 0 unspecified atom stereocenters. The quantitative estimate of drug-likeness (QED) is 0.457. The van der Waals surface area contributed by atoms with Crippen LogP contribution >= 0.6 is 11.3 Å². The zero-order valence-corrected chi connectivity index (χ0v) is 6.35. The number of hydrogen-bond acceptors (Lipinski definition) is 2. The lowest BCUT2D eigenvalue weighted by molar-refractivity contribution is -0.131. The van der Waals surface area contributed by atoms with Gasteiger partial charge in [0.05, 0.1) is 0 Å². The van der Waals surface area contributed by atoms with Crippen LogP contribution in [0.2, 0.25) is 0 Å². The first kappa shape index (κ1) is 7.15. The summed E-state index contributed by atoms with van der Waals surface area (Å²) in [5.41, 5.74) is 0. The zero-order valence-electron chi connectivity index (χ0n) is 5.53. The molecule has 0 aromatic carbocycles. The number of carbonyl (C=O) groups excluding carboxylic acids is 1. The third-order valence-corrected chi connectivity index (χ3v) is 1.55. The maximum atomic E-state index is 10.4. The standard InChI is InChI=1S/C7H7O2S/c1-6(8)9-7-3-2-4-10-5-7/h2-5H,1H3/q+1. The lowest BCUT2D eigenvalue weighted by atomic mass is 10.5. The Labute approximate surface area is 63.1 Å². The van der Waals surface area contributed by atoms with Crippen molar-refractivity contribution >= 4 is 17.3 Å². The minimum absolute atomic E-state index is 0.279. The Morgan fingerprint density at radius 1 is 1.70 bits per heavy atom. The van der Waals surface area contributed by atoms with Gasteiger partial charge in [-0.2, -0.15) is 0 Å². The van der Waals surface area contributed by atoms with E-state index in [1.165, 1.54) is 18.3 Å². The second kappa shape index (κ2) is 3.27. The van der Waals surface area contributed by atoms with E-state index < -0.39 is 0 Å². The molecule has 2 nitrogen and oxygen atoms in total. The summed E-state index contributed by atoms with van der Waals surface area (Å²) in [5.74, 6) is 0.332. The first-order chi connectivity index (χ1) is 4.79. The van der Waals surface area contributed by atoms with Crippen LogP contribution in [0.5, 0.6) is 5.75 Å². The molecular weight excluding hydrogens is 148 g/mol. The molecule has 1 rings (SSSR count). The van der Waals surface area contributed by atoms with E-state index in [9.17, 15) is 4.79 Å². The van der Waals surface area contributed by atoms with Crippen LogP contribution in [0.3, 0.4) is 0 Å². The maximum Gasteiger partial charge on any atom is 0.308 e. The molecule has 52 valence electrons. The van der Waals surface area contributed by atoms with E-state index in [2.05, 4.69) is 0 Å². The molecule has 0 saturated heterocycles. The molecular formula is C7H7O2S+. The largest absolute Gasteiger partial charge is 0.421 e. The van der Waals surface area contributed by atoms with Crippen molar-refractivity contribution in [2.24, 2.45) is 0 Å². The Kier molecular flexibility index (Phi) is 2.34. The fourth-order valence-corrected chi connectivity index (χ4v) is 1.06. The SMILES string of the molecule is CC(=O)Oc1ccc[s+]c1. The van der Waals surface area contributed by atoms with E-state index in [0.717, 1.165) is 0 Å². The van der Waals surface area contributed by atoms with Gasteiger partial charge in [-0.05, 0) is 12.1 Å². The average molecular weight is 155 g/mol. The van der Waals surface area contributed by atoms with Gasteiger partial charge >= 0.3 is 5.97 Å². The predicted molar refractivity (Wildman–Crippen MR) is 40.0 cm³/mol. The summed E-state index contributed by atoms with van der Waals surface area (Å²) < 4.78 is 4.79. The van der Waals surface area contributed by atoms with E-state index in [-0.39, 0.29) is 5.97 Å². The van der Waals surface area contributed by atoms with Gasteiger partial charge in [0.25, 0.3) is 0 Å². The van der Waals surface area contributed by atoms with Crippen LogP contribution in [0.25, 0.3) is 0 Å². The van der Waals surface area contributed by atoms with Crippen molar-refractivity contribution in [1.29, 1.82) is 0 Å². The van der Waals surface area contributed by atoms with E-state index in [1.807, 2.05) is 11.4 Å². The Morgan fingerprint density at radius 3 is 3.00 bits per heavy atom. The minimum Gasteiger partial charge on any atom is -0.421 e. The molecule has 1 aromatic rings. The third-order valence-electron chi connectivity index (χ3n) is 0.863. The Bertz CT molecular complexity index is 220. The van der Waals surface area contributed by atoms with Crippen LogP contribution < -0.4 is 4.74 Å². The summed E-state index contributed by atoms with van der Waals surface area (Å²) in [4.78, 5) is 10.4. The molecule has 0 aliphatic carbocycles. The molecule has 0 amide bonds. The molecule has 0 atom stereocenters. The first-order valence-corrected chi connectivity index (χ1v) is 3.77. The van der Waals surface area contributed by atoms with Crippen LogP contribution in [-0.4, -0.2) is 5.97 Å². The van der Waals surface area contributed by atoms with Gasteiger partial charge in [0, 0.05) is 6.92 Å². The lowest BCUT2D eigenvalue weighted by Gasteiger charge is -1.92. The molecule has 0 radical (unpaired) electrons. The Hall–Kier alpha value is -0.960. The highest BCUT2D eigenvalue weighted by Crippen LogP contribution is 2.11. The van der Waals surface area contributed by atoms with Gasteiger partial charge in [0.2, 0.25) is 16.7 Å². The summed E-state index contributed by atoms with van der Waals surface area (Å²) in [6.07, 6.45) is 0. The molecule has 0 N–H and O–H groups in total. The van der Waals surface area contributed by atoms with E-state index in [0.29, 0.717) is 5.75 Å². The highest BCUT2D eigenvalue weighted by molar-refractivity contribution is 7.07. The van der Waals surface area contributed by atoms with Crippen molar-refractivity contribution in [2.45, 2.75) is 6.92 Å². The van der Waals surface area contributed by atoms with Gasteiger partial charge in [-0.3, -0.25) is 4.79 Å². The van der Waals surface area contributed by atoms with Crippen LogP contribution in [0.4, 0.5) is 0 Å². The first-order valence-electron chi connectivity index (χ1n) is 2.83. The van der Waals surface area contributed by atoms with Gasteiger partial charge in [-0.15, -0.1) is 0 Å². The normalized spacial score (nSPS) is 8.90. The second-order valence-corrected chi connectivity index (χ2v) is 2.53. The number of esters is 1. The molecule has 0 aliphatic rings. The fourth-order valence-electron chi connectivity index (χ4n) is 0.549. The highest BCUT2D eigenvalue weighted by Gasteiger charge is 1.99. The van der Waals surface area contributed by atoms with Gasteiger partial charge in [0.15, 0.2) is 11.1 Å². The molecule has 10 heavy (non-hydrogen) atoms. The number of hydrogen-bond donors (Lipinski definition) is 0. The Balaban J connectivity index is 2.67. The zero-order chi connectivity index (χ0) is 7.40. The molecule has 0 bridgehead atoms. The average Bonchev–Trinajstić information content (AvgIpc) is 1.88. The van der Waals surface area contributed by atoms with Crippen LogP contribution in [-0.2, 0) is 4.79 Å². The predicted octanol–water partition coefficient (Wildman–Crippen LogP) is 1.95. The van der Waals surface area contributed by atoms with Crippen molar-refractivity contribution in [1.82, 2.24) is 0 Å². The summed E-state index contributed by atoms with van der Waals surface area (Å²) in [6.45, 7) is 1.39. The molecule has 1 aromatic heterocycles. The van der Waals surface area contributed by atoms with Gasteiger partial charge in [-0.25, -0.2) is 0 Å². The van der Waals surface area contributed by atoms with Crippen LogP contribution in [0.1, 0.15) is 6.92 Å². The lowest BCUT2D eigenvalue weighted by Crippen LogP contribution is -2.00. The van der Waals surface area contributed by atoms with Crippen molar-refractivity contribution in [2.75, 3.05) is 0 Å². The molecule has 0 spiro atoms. The van der Waals surface area contributed by atoms with Crippen LogP contribution in [0, 0.1) is 0 Å². The fraction of sp³-hybridized carbons (Fsp3) is 0.143. The van der Waals surface area contributed by atoms with Gasteiger partial charge in [0.1, 0.15) is 0 Å². The van der Waals surface area contributed by atoms with Crippen molar-refractivity contribution in [3.63, 3.8) is 0 Å². The number of rotatable bonds is 1. The summed E-state index contributed by atoms with van der Waals surface area (Å²) in [6, 6.07) is 3.58. The number of carbonyl (C=O) groups is 1. The van der Waals surface area contributed by atoms with Crippen molar-refractivity contribution in [3.8, 4) is 5.75 Å². The van der Waals surface area contributed by atoms with Gasteiger partial charge in [-0.1, -0.05) is 0 Å². The molecule has 0 fully saturated rings. The summed E-state index contributed by atoms with van der Waals surface area (Å²) >= 11 is 1.49. The van der Waals surface area contributed by atoms with Gasteiger partial charge < -0.3 is 4.74 Å². The van der Waals surface area contributed by atoms with E-state index in [1.54, 1.807) is 11.4 Å². The highest BCUT2D eigenvalue weighted by atomic mass is 32.1. The molecule has 0 saturated carbocycles.